The Labute approximate surface area is 423 Å². The van der Waals surface area contributed by atoms with E-state index in [9.17, 15) is 53.5 Å². The van der Waals surface area contributed by atoms with Crippen LogP contribution in [0.15, 0.2) is 122 Å². The number of carbonyl (C=O) groups is 2. The molecule has 0 saturated carbocycles. The first-order valence-corrected chi connectivity index (χ1v) is 22.3. The molecule has 4 aromatic carbocycles. The van der Waals surface area contributed by atoms with Crippen molar-refractivity contribution in [2.24, 2.45) is 19.8 Å². The van der Waals surface area contributed by atoms with Crippen molar-refractivity contribution in [3.05, 3.63) is 138 Å². The van der Waals surface area contributed by atoms with Crippen molar-refractivity contribution in [2.75, 3.05) is 38.0 Å². The Hall–Kier alpha value is -8.39. The van der Waals surface area contributed by atoms with E-state index in [1.54, 1.807) is 57.8 Å². The monoisotopic (exact) mass is 1070 g/mol. The summed E-state index contributed by atoms with van der Waals surface area (Å²) in [4.78, 5) is 41.7. The van der Waals surface area contributed by atoms with Gasteiger partial charge in [0.15, 0.2) is 0 Å². The van der Waals surface area contributed by atoms with Gasteiger partial charge in [-0.05, 0) is 103 Å². The molecule has 27 heteroatoms. The van der Waals surface area contributed by atoms with Gasteiger partial charge in [-0.2, -0.15) is 54.1 Å². The maximum Gasteiger partial charge on any atom is 0.405 e. The predicted octanol–water partition coefficient (Wildman–Crippen LogP) is 11.8. The summed E-state index contributed by atoms with van der Waals surface area (Å²) in [5.74, 6) is 0.321. The first-order chi connectivity index (χ1) is 35.5. The number of halogens is 11. The van der Waals surface area contributed by atoms with Crippen LogP contribution in [0.3, 0.4) is 0 Å². The highest BCUT2D eigenvalue weighted by Crippen LogP contribution is 2.40. The van der Waals surface area contributed by atoms with Gasteiger partial charge in [-0.1, -0.05) is 17.7 Å². The van der Waals surface area contributed by atoms with Crippen molar-refractivity contribution in [2.45, 2.75) is 38.7 Å². The topological polar surface area (TPSA) is 165 Å². The highest BCUT2D eigenvalue weighted by molar-refractivity contribution is 6.29. The number of rotatable bonds is 10. The van der Waals surface area contributed by atoms with Crippen molar-refractivity contribution in [3.63, 3.8) is 0 Å². The number of anilines is 7. The van der Waals surface area contributed by atoms with Crippen LogP contribution in [0.2, 0.25) is 5.15 Å². The van der Waals surface area contributed by atoms with Crippen LogP contribution >= 0.6 is 11.6 Å². The Morgan fingerprint density at radius 2 is 1.01 bits per heavy atom. The van der Waals surface area contributed by atoms with Gasteiger partial charge in [-0.15, -0.1) is 0 Å². The number of urea groups is 2. The minimum atomic E-state index is -4.46. The molecule has 0 spiro atoms. The molecule has 16 nitrogen and oxygen atoms in total. The Balaban J connectivity index is 0.000000181. The summed E-state index contributed by atoms with van der Waals surface area (Å²) >= 11 is 6.11. The first kappa shape index (κ1) is 52.9. The number of hydrogen-bond acceptors (Lipinski definition) is 10. The molecule has 0 aliphatic carbocycles. The lowest BCUT2D eigenvalue weighted by molar-refractivity contribution is -0.118. The first-order valence-electron chi connectivity index (χ1n) is 21.9. The molecule has 0 atom stereocenters. The van der Waals surface area contributed by atoms with Crippen LogP contribution in [0.25, 0.3) is 21.8 Å². The summed E-state index contributed by atoms with van der Waals surface area (Å²) in [6, 6.07) is 27.6. The second-order valence-electron chi connectivity index (χ2n) is 16.3. The molecule has 75 heavy (non-hydrogen) atoms. The van der Waals surface area contributed by atoms with Gasteiger partial charge in [0.05, 0.1) is 42.0 Å². The van der Waals surface area contributed by atoms with Gasteiger partial charge in [-0.3, -0.25) is 19.2 Å². The summed E-state index contributed by atoms with van der Waals surface area (Å²) in [7, 11) is 3.61. The van der Waals surface area contributed by atoms with E-state index < -0.39 is 44.7 Å². The molecule has 8 aromatic rings. The average Bonchev–Trinajstić information content (AvgIpc) is 3.94. The van der Waals surface area contributed by atoms with E-state index >= 15 is 0 Å². The third-order valence-electron chi connectivity index (χ3n) is 11.0. The van der Waals surface area contributed by atoms with Crippen molar-refractivity contribution in [1.82, 2.24) is 29.5 Å². The molecule has 0 unspecified atom stereocenters. The fourth-order valence-corrected chi connectivity index (χ4v) is 7.93. The zero-order valence-electron chi connectivity index (χ0n) is 38.9. The normalized spacial score (nSPS) is 13.7. The van der Waals surface area contributed by atoms with E-state index in [1.165, 1.54) is 69.3 Å². The van der Waals surface area contributed by atoms with E-state index in [2.05, 4.69) is 40.7 Å². The number of aromatic nitrogens is 6. The number of nitrogens with one attached hydrogen (secondary N) is 1. The Morgan fingerprint density at radius 1 is 0.600 bits per heavy atom. The Morgan fingerprint density at radius 3 is 1.43 bits per heavy atom. The number of pyridine rings is 2. The van der Waals surface area contributed by atoms with Crippen molar-refractivity contribution >= 4 is 85.7 Å². The molecular formula is C48H39ClF10N12O4. The molecule has 0 saturated heterocycles. The van der Waals surface area contributed by atoms with Crippen LogP contribution < -0.4 is 40.1 Å². The van der Waals surface area contributed by atoms with Crippen LogP contribution in [-0.2, 0) is 27.2 Å². The summed E-state index contributed by atoms with van der Waals surface area (Å²) in [6.45, 7) is -8.08. The number of fused-ring (bicyclic) bond motifs is 4. The summed E-state index contributed by atoms with van der Waals surface area (Å²) in [6.07, 6.45) is -4.96. The van der Waals surface area contributed by atoms with Crippen LogP contribution in [0.4, 0.5) is 93.7 Å². The lowest BCUT2D eigenvalue weighted by atomic mass is 10.1. The van der Waals surface area contributed by atoms with Gasteiger partial charge < -0.3 is 20.5 Å². The summed E-state index contributed by atoms with van der Waals surface area (Å²) in [5.41, 5.74) is 9.06. The minimum absolute atomic E-state index is 0.00799. The van der Waals surface area contributed by atoms with Crippen LogP contribution in [0.1, 0.15) is 11.1 Å². The molecule has 4 amide bonds. The van der Waals surface area contributed by atoms with E-state index in [0.29, 0.717) is 35.0 Å². The zero-order valence-corrected chi connectivity index (χ0v) is 39.6. The van der Waals surface area contributed by atoms with Crippen LogP contribution in [-0.4, -0.2) is 80.3 Å². The smallest absolute Gasteiger partial charge is 0.405 e. The molecule has 2 aliphatic heterocycles. The highest BCUT2D eigenvalue weighted by atomic mass is 35.5. The van der Waals surface area contributed by atoms with Crippen LogP contribution in [0, 0.1) is 0 Å². The molecule has 0 bridgehead atoms. The van der Waals surface area contributed by atoms with E-state index in [4.69, 9.17) is 11.6 Å². The molecule has 4 aromatic heterocycles. The molecule has 10 rings (SSSR count). The van der Waals surface area contributed by atoms with Gasteiger partial charge in [0, 0.05) is 59.8 Å². The number of benzene rings is 4. The van der Waals surface area contributed by atoms with E-state index in [1.807, 2.05) is 37.5 Å². The van der Waals surface area contributed by atoms with Crippen molar-refractivity contribution in [1.29, 1.82) is 0 Å². The largest absolute Gasteiger partial charge is 0.435 e. The number of aryl methyl sites for hydroxylation is 2. The summed E-state index contributed by atoms with van der Waals surface area (Å²) < 4.78 is 133. The number of carbonyl (C=O) groups excluding carboxylic acids is 2. The number of amides is 4. The highest BCUT2D eigenvalue weighted by Gasteiger charge is 2.36. The number of nitrogens with zero attached hydrogens (tertiary/aromatic N) is 10. The van der Waals surface area contributed by atoms with Crippen molar-refractivity contribution < 1.29 is 63.0 Å². The minimum Gasteiger partial charge on any atom is -0.435 e. The maximum absolute atomic E-state index is 13.8. The zero-order chi connectivity index (χ0) is 53.9. The maximum atomic E-state index is 13.8. The number of hydrogen-bond donors (Lipinski definition) is 2. The van der Waals surface area contributed by atoms with Gasteiger partial charge >= 0.3 is 37.6 Å². The molecule has 0 fully saturated rings. The average molecular weight is 1070 g/mol. The standard InChI is InChI=1S/C24H19F5N6O2.C22H16ClF2N5O2.C2H4F3N/c1-33-11-15-10-17(5-8-19(15)32-33)34-12-14-2-9-20(30-13-24(27,28)29)31-21(14)35(23(34)36)16-3-6-18(7-4-16)37-22(25)26;1-28-11-14-10-16(5-8-18(14)27-28)29-12-13-2-9-19(23)26-20(13)30(22(29)31)15-3-6-17(7-4-15)32-21(24)25;3-2(4,5)1-6/h2-11,22H,12-13H2,1H3,(H,30,31);2-11,21H,12H2,1H3;1,6H2. The lowest BCUT2D eigenvalue weighted by Crippen LogP contribution is -2.45. The van der Waals surface area contributed by atoms with Gasteiger partial charge in [0.2, 0.25) is 0 Å². The Kier molecular flexibility index (Phi) is 15.2. The van der Waals surface area contributed by atoms with Crippen molar-refractivity contribution in [3.8, 4) is 11.5 Å². The number of ether oxygens (including phenoxy) is 2. The van der Waals surface area contributed by atoms with E-state index in [-0.39, 0.29) is 46.6 Å². The SMILES string of the molecule is Cn1cc2cc(N3Cc4ccc(Cl)nc4N(c4ccc(OC(F)F)cc4)C3=O)ccc2n1.Cn1cc2cc(N3Cc4ccc(NCC(F)(F)F)nc4N(c4ccc(OC(F)F)cc4)C3=O)ccc2n1.NCC(F)(F)F. The molecule has 392 valence electrons. The van der Waals surface area contributed by atoms with Gasteiger partial charge in [-0.25, -0.2) is 29.4 Å². The summed E-state index contributed by atoms with van der Waals surface area (Å²) in [5, 5.41) is 12.9. The second-order valence-corrected chi connectivity index (χ2v) is 16.7. The van der Waals surface area contributed by atoms with Crippen LogP contribution in [0.5, 0.6) is 11.5 Å². The Bertz CT molecular complexity index is 3340. The molecule has 2 aliphatic rings. The third-order valence-corrected chi connectivity index (χ3v) is 11.2. The molecule has 0 radical (unpaired) electrons. The predicted molar refractivity (Wildman–Crippen MR) is 258 cm³/mol. The quantitative estimate of drug-likeness (QED) is 0.0994. The molecular weight excluding hydrogens is 1030 g/mol. The fraction of sp³-hybridized carbons (Fsp3) is 0.208. The lowest BCUT2D eigenvalue weighted by Gasteiger charge is -2.36. The molecule has 6 heterocycles. The third kappa shape index (κ3) is 12.7. The fourth-order valence-electron chi connectivity index (χ4n) is 7.78. The number of alkyl halides is 10. The number of nitrogens with two attached hydrogens (primary N) is 1. The van der Waals surface area contributed by atoms with Gasteiger partial charge in [0.1, 0.15) is 40.7 Å². The van der Waals surface area contributed by atoms with E-state index in [0.717, 1.165) is 27.4 Å². The van der Waals surface area contributed by atoms with Gasteiger partial charge in [0.25, 0.3) is 0 Å². The molecule has 3 N–H and O–H groups in total. The second kappa shape index (κ2) is 21.6.